The Morgan fingerprint density at radius 3 is 1.67 bits per heavy atom. The third kappa shape index (κ3) is 8.75. The average Bonchev–Trinajstić information content (AvgIpc) is 3.47. The van der Waals surface area contributed by atoms with Crippen molar-refractivity contribution in [1.82, 2.24) is 10.2 Å². The van der Waals surface area contributed by atoms with Crippen molar-refractivity contribution in [3.05, 3.63) is 83.9 Å². The number of hydrogen-bond acceptors (Lipinski definition) is 5. The molecule has 0 amide bonds. The van der Waals surface area contributed by atoms with Gasteiger partial charge in [-0.3, -0.25) is 0 Å². The summed E-state index contributed by atoms with van der Waals surface area (Å²) < 4.78 is 11.8. The van der Waals surface area contributed by atoms with Gasteiger partial charge in [-0.1, -0.05) is 63.7 Å². The van der Waals surface area contributed by atoms with Gasteiger partial charge in [0.05, 0.1) is 6.61 Å². The van der Waals surface area contributed by atoms with Gasteiger partial charge >= 0.3 is 0 Å². The van der Waals surface area contributed by atoms with E-state index in [1.54, 1.807) is 0 Å². The van der Waals surface area contributed by atoms with Crippen LogP contribution in [0.25, 0.3) is 22.9 Å². The third-order valence-electron chi connectivity index (χ3n) is 6.66. The highest BCUT2D eigenvalue weighted by Gasteiger charge is 2.10. The van der Waals surface area contributed by atoms with Gasteiger partial charge in [0.25, 0.3) is 0 Å². The molecule has 0 radical (unpaired) electrons. The van der Waals surface area contributed by atoms with Crippen LogP contribution in [0.4, 0.5) is 5.69 Å². The van der Waals surface area contributed by atoms with Crippen molar-refractivity contribution in [2.45, 2.75) is 58.3 Å². The van der Waals surface area contributed by atoms with Crippen LogP contribution in [0, 0.1) is 11.8 Å². The van der Waals surface area contributed by atoms with Gasteiger partial charge < -0.3 is 14.1 Å². The van der Waals surface area contributed by atoms with E-state index in [1.807, 2.05) is 86.9 Å². The normalized spacial score (nSPS) is 10.6. The fourth-order valence-electron chi connectivity index (χ4n) is 4.26. The summed E-state index contributed by atoms with van der Waals surface area (Å²) in [6.07, 6.45) is 10.4. The maximum absolute atomic E-state index is 5.92. The second-order valence-electron chi connectivity index (χ2n) is 10.0. The summed E-state index contributed by atoms with van der Waals surface area (Å²) in [5.74, 6) is 8.35. The van der Waals surface area contributed by atoms with Gasteiger partial charge in [-0.2, -0.15) is 0 Å². The summed E-state index contributed by atoms with van der Waals surface area (Å²) >= 11 is 0. The predicted molar refractivity (Wildman–Crippen MR) is 160 cm³/mol. The lowest BCUT2D eigenvalue weighted by atomic mass is 10.1. The fourth-order valence-corrected chi connectivity index (χ4v) is 4.26. The molecule has 5 heteroatoms. The molecule has 3 aromatic carbocycles. The topological polar surface area (TPSA) is 51.4 Å². The summed E-state index contributed by atoms with van der Waals surface area (Å²) in [5, 5.41) is 8.44. The number of anilines is 1. The Bertz CT molecular complexity index is 1330. The van der Waals surface area contributed by atoms with Gasteiger partial charge in [-0.15, -0.1) is 10.2 Å². The smallest absolute Gasteiger partial charge is 0.248 e. The predicted octanol–water partition coefficient (Wildman–Crippen LogP) is 8.39. The van der Waals surface area contributed by atoms with Gasteiger partial charge in [-0.05, 0) is 79.2 Å². The first-order chi connectivity index (χ1) is 19.1. The Morgan fingerprint density at radius 1 is 0.641 bits per heavy atom. The molecule has 5 nitrogen and oxygen atoms in total. The highest BCUT2D eigenvalue weighted by Crippen LogP contribution is 2.25. The van der Waals surface area contributed by atoms with Crippen molar-refractivity contribution in [3.8, 4) is 40.5 Å². The number of hydrogen-bond donors (Lipinski definition) is 0. The lowest BCUT2D eigenvalue weighted by Gasteiger charge is -2.11. The second-order valence-corrected chi connectivity index (χ2v) is 10.0. The van der Waals surface area contributed by atoms with Crippen LogP contribution in [-0.4, -0.2) is 30.9 Å². The van der Waals surface area contributed by atoms with Gasteiger partial charge in [0.2, 0.25) is 11.8 Å². The Morgan fingerprint density at radius 2 is 1.13 bits per heavy atom. The summed E-state index contributed by atoms with van der Waals surface area (Å²) in [5.41, 5.74) is 4.76. The van der Waals surface area contributed by atoms with Crippen LogP contribution < -0.4 is 9.64 Å². The minimum atomic E-state index is 0.490. The largest absolute Gasteiger partial charge is 0.494 e. The molecule has 0 aliphatic rings. The molecule has 4 aromatic rings. The van der Waals surface area contributed by atoms with Crippen molar-refractivity contribution < 1.29 is 9.15 Å². The van der Waals surface area contributed by atoms with E-state index >= 15 is 0 Å². The number of unbranched alkanes of at least 4 members (excludes halogenated alkanes) is 7. The zero-order chi connectivity index (χ0) is 27.3. The van der Waals surface area contributed by atoms with Crippen LogP contribution in [0.1, 0.15) is 69.4 Å². The van der Waals surface area contributed by atoms with Crippen molar-refractivity contribution in [3.63, 3.8) is 0 Å². The molecule has 202 valence electrons. The number of nitrogens with zero attached hydrogens (tertiary/aromatic N) is 3. The van der Waals surface area contributed by atoms with Gasteiger partial charge in [0.1, 0.15) is 5.75 Å². The van der Waals surface area contributed by atoms with Crippen LogP contribution in [0.2, 0.25) is 0 Å². The molecule has 0 spiro atoms. The van der Waals surface area contributed by atoms with Crippen molar-refractivity contribution in [1.29, 1.82) is 0 Å². The highest BCUT2D eigenvalue weighted by molar-refractivity contribution is 5.61. The van der Waals surface area contributed by atoms with Crippen LogP contribution in [0.3, 0.4) is 0 Å². The van der Waals surface area contributed by atoms with E-state index < -0.39 is 0 Å². The molecule has 1 heterocycles. The SMILES string of the molecule is CCCCCCCCCCOc1ccc(C#Cc2ccc(-c3nnc(-c4ccc(N(C)C)cc4)o3)cc2)cc1. The molecule has 4 rings (SSSR count). The Kier molecular flexibility index (Phi) is 10.6. The zero-order valence-corrected chi connectivity index (χ0v) is 23.5. The van der Waals surface area contributed by atoms with E-state index in [2.05, 4.69) is 33.9 Å². The Labute approximate surface area is 233 Å². The molecular formula is C34H39N3O2. The fraction of sp³-hybridized carbons (Fsp3) is 0.353. The standard InChI is InChI=1S/C34H39N3O2/c1-4-5-6-7-8-9-10-11-26-38-32-24-16-28(17-25-32)13-12-27-14-18-29(19-15-27)33-35-36-34(39-33)30-20-22-31(23-21-30)37(2)3/h14-25H,4-11,26H2,1-3H3. The van der Waals surface area contributed by atoms with Crippen LogP contribution in [0.5, 0.6) is 5.75 Å². The van der Waals surface area contributed by atoms with Crippen molar-refractivity contribution in [2.75, 3.05) is 25.6 Å². The molecule has 0 saturated carbocycles. The molecule has 39 heavy (non-hydrogen) atoms. The lowest BCUT2D eigenvalue weighted by Crippen LogP contribution is -2.07. The van der Waals surface area contributed by atoms with E-state index in [9.17, 15) is 0 Å². The first-order valence-electron chi connectivity index (χ1n) is 14.1. The molecule has 0 unspecified atom stereocenters. The number of aromatic nitrogens is 2. The van der Waals surface area contributed by atoms with Gasteiger partial charge in [-0.25, -0.2) is 0 Å². The van der Waals surface area contributed by atoms with E-state index in [4.69, 9.17) is 9.15 Å². The molecule has 0 aliphatic heterocycles. The quantitative estimate of drug-likeness (QED) is 0.131. The van der Waals surface area contributed by atoms with Crippen molar-refractivity contribution in [2.24, 2.45) is 0 Å². The van der Waals surface area contributed by atoms with Gasteiger partial charge in [0.15, 0.2) is 0 Å². The number of rotatable bonds is 13. The van der Waals surface area contributed by atoms with Crippen molar-refractivity contribution >= 4 is 5.69 Å². The zero-order valence-electron chi connectivity index (χ0n) is 23.5. The molecule has 0 fully saturated rings. The molecule has 0 saturated heterocycles. The van der Waals surface area contributed by atoms with E-state index in [0.717, 1.165) is 46.7 Å². The molecule has 0 atom stereocenters. The average molecular weight is 522 g/mol. The maximum atomic E-state index is 5.92. The summed E-state index contributed by atoms with van der Waals surface area (Å²) in [6.45, 7) is 3.03. The molecule has 1 aromatic heterocycles. The minimum Gasteiger partial charge on any atom is -0.494 e. The first-order valence-corrected chi connectivity index (χ1v) is 14.1. The minimum absolute atomic E-state index is 0.490. The van der Waals surface area contributed by atoms with Gasteiger partial charge in [0, 0.05) is 42.0 Å². The third-order valence-corrected chi connectivity index (χ3v) is 6.66. The second kappa shape index (κ2) is 14.8. The first kappa shape index (κ1) is 28.0. The Balaban J connectivity index is 1.24. The molecule has 0 N–H and O–H groups in total. The lowest BCUT2D eigenvalue weighted by molar-refractivity contribution is 0.304. The summed E-state index contributed by atoms with van der Waals surface area (Å²) in [6, 6.07) is 23.9. The van der Waals surface area contributed by atoms with E-state index in [-0.39, 0.29) is 0 Å². The van der Waals surface area contributed by atoms with E-state index in [1.165, 1.54) is 44.9 Å². The number of benzene rings is 3. The Hall–Kier alpha value is -4.04. The summed E-state index contributed by atoms with van der Waals surface area (Å²) in [4.78, 5) is 2.05. The highest BCUT2D eigenvalue weighted by atomic mass is 16.5. The van der Waals surface area contributed by atoms with Crippen LogP contribution in [0.15, 0.2) is 77.2 Å². The van der Waals surface area contributed by atoms with Crippen LogP contribution >= 0.6 is 0 Å². The summed E-state index contributed by atoms with van der Waals surface area (Å²) in [7, 11) is 4.02. The molecular weight excluding hydrogens is 482 g/mol. The van der Waals surface area contributed by atoms with Crippen LogP contribution in [-0.2, 0) is 0 Å². The molecule has 0 aliphatic carbocycles. The molecule has 0 bridgehead atoms. The van der Waals surface area contributed by atoms with E-state index in [0.29, 0.717) is 11.8 Å². The maximum Gasteiger partial charge on any atom is 0.248 e. The number of ether oxygens (including phenoxy) is 1. The monoisotopic (exact) mass is 521 g/mol.